The van der Waals surface area contributed by atoms with Crippen molar-refractivity contribution in [2.24, 2.45) is 11.8 Å². The normalized spacial score (nSPS) is 38.2. The van der Waals surface area contributed by atoms with Crippen molar-refractivity contribution < 1.29 is 4.74 Å². The Kier molecular flexibility index (Phi) is 4.22. The van der Waals surface area contributed by atoms with E-state index in [2.05, 4.69) is 17.1 Å². The third-order valence-electron chi connectivity index (χ3n) is 4.89. The van der Waals surface area contributed by atoms with E-state index in [1.165, 1.54) is 51.7 Å². The maximum atomic E-state index is 5.54. The Hall–Kier alpha value is -0.120. The second-order valence-corrected chi connectivity index (χ2v) is 6.48. The first-order chi connectivity index (χ1) is 8.86. The van der Waals surface area contributed by atoms with Gasteiger partial charge in [-0.3, -0.25) is 4.90 Å². The molecule has 2 aliphatic heterocycles. The highest BCUT2D eigenvalue weighted by Crippen LogP contribution is 2.34. The van der Waals surface area contributed by atoms with Crippen LogP contribution in [-0.2, 0) is 4.74 Å². The molecular weight excluding hydrogens is 224 g/mol. The van der Waals surface area contributed by atoms with Crippen molar-refractivity contribution in [3.63, 3.8) is 0 Å². The summed E-state index contributed by atoms with van der Waals surface area (Å²) in [6.45, 7) is 8.06. The van der Waals surface area contributed by atoms with Crippen LogP contribution >= 0.6 is 0 Å². The van der Waals surface area contributed by atoms with Gasteiger partial charge < -0.3 is 10.1 Å². The topological polar surface area (TPSA) is 24.5 Å². The summed E-state index contributed by atoms with van der Waals surface area (Å²) in [5, 5.41) is 3.80. The van der Waals surface area contributed by atoms with E-state index in [-0.39, 0.29) is 0 Å². The lowest BCUT2D eigenvalue weighted by Gasteiger charge is -2.41. The van der Waals surface area contributed by atoms with Crippen molar-refractivity contribution in [2.75, 3.05) is 32.8 Å². The van der Waals surface area contributed by atoms with Crippen LogP contribution in [0.4, 0.5) is 0 Å². The number of hydrogen-bond donors (Lipinski definition) is 1. The Balaban J connectivity index is 1.56. The summed E-state index contributed by atoms with van der Waals surface area (Å²) < 4.78 is 5.54. The van der Waals surface area contributed by atoms with Gasteiger partial charge in [-0.15, -0.1) is 0 Å². The Bertz CT molecular complexity index is 259. The third kappa shape index (κ3) is 3.06. The standard InChI is InChI=1S/C15H28N2O/c1-2-3-14-8-16-15(13-4-5-13)10-17(14)9-12-6-7-18-11-12/h12-16H,2-11H2,1H3. The number of rotatable bonds is 5. The van der Waals surface area contributed by atoms with Gasteiger partial charge in [0.15, 0.2) is 0 Å². The quantitative estimate of drug-likeness (QED) is 0.808. The van der Waals surface area contributed by atoms with Gasteiger partial charge in [0.2, 0.25) is 0 Å². The van der Waals surface area contributed by atoms with Crippen LogP contribution in [0.15, 0.2) is 0 Å². The van der Waals surface area contributed by atoms with Gasteiger partial charge in [0.05, 0.1) is 6.61 Å². The molecule has 3 atom stereocenters. The van der Waals surface area contributed by atoms with Gasteiger partial charge in [0.1, 0.15) is 0 Å². The van der Waals surface area contributed by atoms with Crippen LogP contribution in [0.2, 0.25) is 0 Å². The van der Waals surface area contributed by atoms with Crippen LogP contribution in [0.5, 0.6) is 0 Å². The maximum Gasteiger partial charge on any atom is 0.0507 e. The minimum absolute atomic E-state index is 0.769. The molecule has 3 nitrogen and oxygen atoms in total. The first kappa shape index (κ1) is 12.9. The van der Waals surface area contributed by atoms with Gasteiger partial charge in [0.25, 0.3) is 0 Å². The highest BCUT2D eigenvalue weighted by molar-refractivity contribution is 4.95. The Labute approximate surface area is 111 Å². The minimum Gasteiger partial charge on any atom is -0.381 e. The minimum atomic E-state index is 0.769. The molecule has 18 heavy (non-hydrogen) atoms. The lowest BCUT2D eigenvalue weighted by atomic mass is 9.99. The van der Waals surface area contributed by atoms with E-state index in [0.29, 0.717) is 0 Å². The zero-order chi connectivity index (χ0) is 12.4. The van der Waals surface area contributed by atoms with E-state index in [4.69, 9.17) is 4.74 Å². The molecule has 104 valence electrons. The molecule has 2 saturated heterocycles. The molecule has 1 N–H and O–H groups in total. The van der Waals surface area contributed by atoms with Crippen molar-refractivity contribution in [2.45, 2.75) is 51.1 Å². The molecule has 0 spiro atoms. The van der Waals surface area contributed by atoms with E-state index in [9.17, 15) is 0 Å². The zero-order valence-electron chi connectivity index (χ0n) is 11.7. The first-order valence-electron chi connectivity index (χ1n) is 7.92. The van der Waals surface area contributed by atoms with Crippen LogP contribution in [0, 0.1) is 11.8 Å². The predicted molar refractivity (Wildman–Crippen MR) is 73.7 cm³/mol. The molecule has 0 aromatic heterocycles. The highest BCUT2D eigenvalue weighted by Gasteiger charge is 2.37. The molecule has 3 aliphatic rings. The number of nitrogens with one attached hydrogen (secondary N) is 1. The SMILES string of the molecule is CCCC1CNC(C2CC2)CN1CC1CCOC1. The summed E-state index contributed by atoms with van der Waals surface area (Å²) in [5.74, 6) is 1.78. The molecule has 0 aromatic carbocycles. The third-order valence-corrected chi connectivity index (χ3v) is 4.89. The van der Waals surface area contributed by atoms with Crippen molar-refractivity contribution >= 4 is 0 Å². The van der Waals surface area contributed by atoms with Crippen LogP contribution in [0.3, 0.4) is 0 Å². The molecule has 3 heteroatoms. The second-order valence-electron chi connectivity index (χ2n) is 6.48. The summed E-state index contributed by atoms with van der Waals surface area (Å²) in [4.78, 5) is 2.78. The molecule has 0 radical (unpaired) electrons. The summed E-state index contributed by atoms with van der Waals surface area (Å²) in [5.41, 5.74) is 0. The largest absolute Gasteiger partial charge is 0.381 e. The number of ether oxygens (including phenoxy) is 1. The van der Waals surface area contributed by atoms with E-state index < -0.39 is 0 Å². The molecule has 3 rings (SSSR count). The maximum absolute atomic E-state index is 5.54. The van der Waals surface area contributed by atoms with Crippen molar-refractivity contribution in [1.82, 2.24) is 10.2 Å². The van der Waals surface area contributed by atoms with Crippen LogP contribution in [0.1, 0.15) is 39.0 Å². The van der Waals surface area contributed by atoms with Crippen molar-refractivity contribution in [3.05, 3.63) is 0 Å². The molecule has 0 amide bonds. The lowest BCUT2D eigenvalue weighted by molar-refractivity contribution is 0.0909. The van der Waals surface area contributed by atoms with E-state index in [1.807, 2.05) is 0 Å². The number of nitrogens with zero attached hydrogens (tertiary/aromatic N) is 1. The lowest BCUT2D eigenvalue weighted by Crippen LogP contribution is -2.58. The van der Waals surface area contributed by atoms with E-state index in [0.717, 1.165) is 37.1 Å². The van der Waals surface area contributed by atoms with Gasteiger partial charge in [-0.05, 0) is 37.5 Å². The molecule has 0 aromatic rings. The molecule has 2 heterocycles. The number of piperazine rings is 1. The monoisotopic (exact) mass is 252 g/mol. The molecule has 1 saturated carbocycles. The Morgan fingerprint density at radius 3 is 2.83 bits per heavy atom. The summed E-state index contributed by atoms with van der Waals surface area (Å²) in [7, 11) is 0. The molecular formula is C15H28N2O. The van der Waals surface area contributed by atoms with Gasteiger partial charge in [0, 0.05) is 38.3 Å². The van der Waals surface area contributed by atoms with Gasteiger partial charge in [-0.1, -0.05) is 13.3 Å². The summed E-state index contributed by atoms with van der Waals surface area (Å²) >= 11 is 0. The Morgan fingerprint density at radius 2 is 2.17 bits per heavy atom. The second kappa shape index (κ2) is 5.89. The first-order valence-corrected chi connectivity index (χ1v) is 7.92. The predicted octanol–water partition coefficient (Wildman–Crippen LogP) is 1.88. The smallest absolute Gasteiger partial charge is 0.0507 e. The van der Waals surface area contributed by atoms with Crippen molar-refractivity contribution in [1.29, 1.82) is 0 Å². The van der Waals surface area contributed by atoms with Crippen LogP contribution in [-0.4, -0.2) is 49.8 Å². The zero-order valence-corrected chi connectivity index (χ0v) is 11.7. The molecule has 0 bridgehead atoms. The van der Waals surface area contributed by atoms with E-state index >= 15 is 0 Å². The fourth-order valence-corrected chi connectivity index (χ4v) is 3.60. The van der Waals surface area contributed by atoms with Gasteiger partial charge in [-0.25, -0.2) is 0 Å². The summed E-state index contributed by atoms with van der Waals surface area (Å²) in [6.07, 6.45) is 6.83. The summed E-state index contributed by atoms with van der Waals surface area (Å²) in [6, 6.07) is 1.55. The highest BCUT2D eigenvalue weighted by atomic mass is 16.5. The average Bonchev–Trinajstić information content (AvgIpc) is 3.11. The van der Waals surface area contributed by atoms with Gasteiger partial charge >= 0.3 is 0 Å². The Morgan fingerprint density at radius 1 is 1.28 bits per heavy atom. The molecule has 3 fully saturated rings. The fraction of sp³-hybridized carbons (Fsp3) is 1.00. The average molecular weight is 252 g/mol. The molecule has 3 unspecified atom stereocenters. The van der Waals surface area contributed by atoms with E-state index in [1.54, 1.807) is 0 Å². The van der Waals surface area contributed by atoms with Crippen LogP contribution < -0.4 is 5.32 Å². The van der Waals surface area contributed by atoms with Crippen molar-refractivity contribution in [3.8, 4) is 0 Å². The number of hydrogen-bond acceptors (Lipinski definition) is 3. The fourth-order valence-electron chi connectivity index (χ4n) is 3.60. The van der Waals surface area contributed by atoms with Crippen LogP contribution in [0.25, 0.3) is 0 Å². The molecule has 1 aliphatic carbocycles. The van der Waals surface area contributed by atoms with Gasteiger partial charge in [-0.2, -0.15) is 0 Å².